The van der Waals surface area contributed by atoms with Gasteiger partial charge < -0.3 is 9.47 Å². The second kappa shape index (κ2) is 7.78. The lowest BCUT2D eigenvalue weighted by molar-refractivity contribution is -0.134. The predicted molar refractivity (Wildman–Crippen MR) is 98.7 cm³/mol. The van der Waals surface area contributed by atoms with Crippen LogP contribution in [0.15, 0.2) is 30.3 Å². The number of carbonyl (C=O) groups excluding carboxylic acids is 2. The minimum absolute atomic E-state index is 0.0966. The Morgan fingerprint density at radius 1 is 1.27 bits per heavy atom. The summed E-state index contributed by atoms with van der Waals surface area (Å²) in [6.07, 6.45) is 2.57. The zero-order valence-corrected chi connectivity index (χ0v) is 15.9. The first kappa shape index (κ1) is 18.9. The molecule has 2 fully saturated rings. The van der Waals surface area contributed by atoms with Gasteiger partial charge in [0.1, 0.15) is 6.61 Å². The van der Waals surface area contributed by atoms with Gasteiger partial charge in [-0.1, -0.05) is 37.3 Å². The summed E-state index contributed by atoms with van der Waals surface area (Å²) in [5, 5.41) is 0. The third kappa shape index (κ3) is 4.26. The van der Waals surface area contributed by atoms with Crippen LogP contribution in [-0.4, -0.2) is 41.8 Å². The maximum atomic E-state index is 13.1. The molecular weight excluding hydrogens is 330 g/mol. The van der Waals surface area contributed by atoms with Crippen molar-refractivity contribution in [3.63, 3.8) is 0 Å². The van der Waals surface area contributed by atoms with Gasteiger partial charge in [-0.2, -0.15) is 0 Å². The molecule has 1 aromatic carbocycles. The van der Waals surface area contributed by atoms with Crippen molar-refractivity contribution in [3.8, 4) is 0 Å². The first-order valence-electron chi connectivity index (χ1n) is 9.57. The average molecular weight is 359 g/mol. The Labute approximate surface area is 155 Å². The molecule has 3 unspecified atom stereocenters. The quantitative estimate of drug-likeness (QED) is 0.775. The van der Waals surface area contributed by atoms with E-state index in [1.165, 1.54) is 4.90 Å². The fourth-order valence-electron chi connectivity index (χ4n) is 4.12. The fraction of sp³-hybridized carbons (Fsp3) is 0.619. The average Bonchev–Trinajstić information content (AvgIpc) is 3.15. The summed E-state index contributed by atoms with van der Waals surface area (Å²) < 4.78 is 11.0. The topological polar surface area (TPSA) is 55.8 Å². The van der Waals surface area contributed by atoms with E-state index in [0.29, 0.717) is 18.9 Å². The summed E-state index contributed by atoms with van der Waals surface area (Å²) >= 11 is 0. The van der Waals surface area contributed by atoms with Crippen LogP contribution >= 0.6 is 0 Å². The van der Waals surface area contributed by atoms with E-state index in [1.807, 2.05) is 37.3 Å². The van der Waals surface area contributed by atoms with Gasteiger partial charge in [-0.25, -0.2) is 9.69 Å². The zero-order valence-electron chi connectivity index (χ0n) is 15.9. The van der Waals surface area contributed by atoms with Crippen LogP contribution in [0.3, 0.4) is 0 Å². The van der Waals surface area contributed by atoms with E-state index in [9.17, 15) is 9.59 Å². The number of amides is 2. The highest BCUT2D eigenvalue weighted by Gasteiger charge is 2.42. The van der Waals surface area contributed by atoms with Gasteiger partial charge in [0.25, 0.3) is 0 Å². The normalized spacial score (nSPS) is 26.0. The summed E-state index contributed by atoms with van der Waals surface area (Å²) in [6.45, 7) is 7.15. The molecule has 3 atom stereocenters. The lowest BCUT2D eigenvalue weighted by atomic mass is 9.87. The Morgan fingerprint density at radius 2 is 2.00 bits per heavy atom. The highest BCUT2D eigenvalue weighted by atomic mass is 16.6. The largest absolute Gasteiger partial charge is 0.447 e. The monoisotopic (exact) mass is 359 g/mol. The summed E-state index contributed by atoms with van der Waals surface area (Å²) in [5.74, 6) is 0.104. The number of hydrogen-bond acceptors (Lipinski definition) is 4. The number of benzene rings is 1. The van der Waals surface area contributed by atoms with Crippen molar-refractivity contribution >= 4 is 12.0 Å². The van der Waals surface area contributed by atoms with Crippen LogP contribution in [0.25, 0.3) is 0 Å². The number of cyclic esters (lactones) is 1. The van der Waals surface area contributed by atoms with Gasteiger partial charge in [0, 0.05) is 5.92 Å². The molecule has 2 heterocycles. The summed E-state index contributed by atoms with van der Waals surface area (Å²) in [5.41, 5.74) is 0.988. The molecule has 0 spiro atoms. The molecule has 2 amide bonds. The molecule has 2 saturated heterocycles. The number of carbonyl (C=O) groups is 2. The highest BCUT2D eigenvalue weighted by molar-refractivity contribution is 5.94. The third-order valence-electron chi connectivity index (χ3n) is 5.46. The zero-order chi connectivity index (χ0) is 18.7. The molecule has 5 nitrogen and oxygen atoms in total. The standard InChI is InChI=1S/C21H29NO4/c1-4-17(10-16-12-21(2,3)26-13-16)19(23)22-18(14-25-20(22)24)11-15-8-6-5-7-9-15/h5-9,16-18H,4,10-14H2,1-3H3. The Balaban J connectivity index is 1.67. The maximum absolute atomic E-state index is 13.1. The maximum Gasteiger partial charge on any atom is 0.416 e. The Morgan fingerprint density at radius 3 is 2.62 bits per heavy atom. The molecule has 26 heavy (non-hydrogen) atoms. The first-order chi connectivity index (χ1) is 12.4. The molecule has 142 valence electrons. The van der Waals surface area contributed by atoms with E-state index in [-0.39, 0.29) is 30.1 Å². The molecule has 0 radical (unpaired) electrons. The van der Waals surface area contributed by atoms with Crippen LogP contribution in [0.2, 0.25) is 0 Å². The fourth-order valence-corrected chi connectivity index (χ4v) is 4.12. The molecule has 0 aromatic heterocycles. The molecule has 0 saturated carbocycles. The predicted octanol–water partition coefficient (Wildman–Crippen LogP) is 3.81. The molecule has 0 N–H and O–H groups in total. The second-order valence-electron chi connectivity index (χ2n) is 8.11. The highest BCUT2D eigenvalue weighted by Crippen LogP contribution is 2.34. The van der Waals surface area contributed by atoms with E-state index in [0.717, 1.165) is 24.8 Å². The minimum atomic E-state index is -0.502. The molecule has 1 aromatic rings. The Bertz CT molecular complexity index is 643. The van der Waals surface area contributed by atoms with Crippen molar-refractivity contribution in [1.29, 1.82) is 0 Å². The second-order valence-corrected chi connectivity index (χ2v) is 8.11. The van der Waals surface area contributed by atoms with Crippen LogP contribution in [0, 0.1) is 11.8 Å². The van der Waals surface area contributed by atoms with Crippen molar-refractivity contribution in [2.24, 2.45) is 11.8 Å². The van der Waals surface area contributed by atoms with Gasteiger partial charge in [-0.15, -0.1) is 0 Å². The van der Waals surface area contributed by atoms with Gasteiger partial charge in [0.15, 0.2) is 0 Å². The Kier molecular flexibility index (Phi) is 5.66. The van der Waals surface area contributed by atoms with Crippen molar-refractivity contribution in [1.82, 2.24) is 4.90 Å². The Hall–Kier alpha value is -1.88. The van der Waals surface area contributed by atoms with Crippen molar-refractivity contribution < 1.29 is 19.1 Å². The summed E-state index contributed by atoms with van der Waals surface area (Å²) in [4.78, 5) is 26.7. The number of imide groups is 1. The summed E-state index contributed by atoms with van der Waals surface area (Å²) in [6, 6.07) is 9.70. The smallest absolute Gasteiger partial charge is 0.416 e. The van der Waals surface area contributed by atoms with E-state index >= 15 is 0 Å². The lowest BCUT2D eigenvalue weighted by Crippen LogP contribution is -2.44. The molecule has 0 bridgehead atoms. The van der Waals surface area contributed by atoms with Crippen LogP contribution < -0.4 is 0 Å². The number of nitrogens with zero attached hydrogens (tertiary/aromatic N) is 1. The number of ether oxygens (including phenoxy) is 2. The minimum Gasteiger partial charge on any atom is -0.447 e. The van der Waals surface area contributed by atoms with Gasteiger partial charge >= 0.3 is 6.09 Å². The van der Waals surface area contributed by atoms with E-state index in [2.05, 4.69) is 13.8 Å². The van der Waals surface area contributed by atoms with E-state index in [1.54, 1.807) is 0 Å². The molecular formula is C21H29NO4. The van der Waals surface area contributed by atoms with E-state index in [4.69, 9.17) is 9.47 Å². The lowest BCUT2D eigenvalue weighted by Gasteiger charge is -2.26. The SMILES string of the molecule is CCC(CC1COC(C)(C)C1)C(=O)N1C(=O)OCC1Cc1ccccc1. The van der Waals surface area contributed by atoms with Gasteiger partial charge in [0.2, 0.25) is 5.91 Å². The van der Waals surface area contributed by atoms with Gasteiger partial charge in [0.05, 0.1) is 18.2 Å². The van der Waals surface area contributed by atoms with Crippen LogP contribution in [0.4, 0.5) is 4.79 Å². The van der Waals surface area contributed by atoms with Crippen LogP contribution in [-0.2, 0) is 20.7 Å². The van der Waals surface area contributed by atoms with Gasteiger partial charge in [-0.05, 0) is 51.0 Å². The van der Waals surface area contributed by atoms with Crippen molar-refractivity contribution in [2.45, 2.75) is 58.1 Å². The first-order valence-corrected chi connectivity index (χ1v) is 9.57. The van der Waals surface area contributed by atoms with Crippen molar-refractivity contribution in [3.05, 3.63) is 35.9 Å². The van der Waals surface area contributed by atoms with Crippen LogP contribution in [0.1, 0.15) is 45.6 Å². The third-order valence-corrected chi connectivity index (χ3v) is 5.46. The number of hydrogen-bond donors (Lipinski definition) is 0. The van der Waals surface area contributed by atoms with Crippen LogP contribution in [0.5, 0.6) is 0 Å². The number of rotatable bonds is 6. The molecule has 3 rings (SSSR count). The molecule has 2 aliphatic rings. The van der Waals surface area contributed by atoms with Crippen molar-refractivity contribution in [2.75, 3.05) is 13.2 Å². The molecule has 2 aliphatic heterocycles. The summed E-state index contributed by atoms with van der Waals surface area (Å²) in [7, 11) is 0. The van der Waals surface area contributed by atoms with E-state index < -0.39 is 6.09 Å². The van der Waals surface area contributed by atoms with Gasteiger partial charge in [-0.3, -0.25) is 4.79 Å². The molecule has 5 heteroatoms. The molecule has 0 aliphatic carbocycles.